The van der Waals surface area contributed by atoms with E-state index < -0.39 is 0 Å². The minimum absolute atomic E-state index is 0.0143. The molecule has 0 aromatic carbocycles. The second kappa shape index (κ2) is 7.00. The van der Waals surface area contributed by atoms with Gasteiger partial charge in [0.15, 0.2) is 5.82 Å². The summed E-state index contributed by atoms with van der Waals surface area (Å²) < 4.78 is 2.23. The van der Waals surface area contributed by atoms with E-state index in [0.29, 0.717) is 10.8 Å². The van der Waals surface area contributed by atoms with Crippen LogP contribution in [0.3, 0.4) is 0 Å². The maximum atomic E-state index is 12.7. The molecule has 1 fully saturated rings. The van der Waals surface area contributed by atoms with Crippen LogP contribution in [0.5, 0.6) is 0 Å². The van der Waals surface area contributed by atoms with Crippen LogP contribution >= 0.6 is 11.6 Å². The number of fused-ring (bicyclic) bond motifs is 1. The lowest BCUT2D eigenvalue weighted by molar-refractivity contribution is 0.203. The zero-order valence-electron chi connectivity index (χ0n) is 14.0. The Labute approximate surface area is 151 Å². The van der Waals surface area contributed by atoms with Gasteiger partial charge in [-0.15, -0.1) is 10.2 Å². The molecule has 7 nitrogen and oxygen atoms in total. The maximum Gasteiger partial charge on any atom is 0.322 e. The summed E-state index contributed by atoms with van der Waals surface area (Å²) in [6.45, 7) is 1.67. The third kappa shape index (κ3) is 3.33. The molecule has 1 saturated heterocycles. The maximum absolute atomic E-state index is 12.7. The van der Waals surface area contributed by atoms with E-state index in [-0.39, 0.29) is 12.1 Å². The van der Waals surface area contributed by atoms with E-state index in [2.05, 4.69) is 25.1 Å². The fraction of sp³-hybridized carbons (Fsp3) is 0.529. The minimum Gasteiger partial charge on any atom is -0.314 e. The third-order valence-corrected chi connectivity index (χ3v) is 5.15. The topological polar surface area (TPSA) is 75.9 Å². The fourth-order valence-corrected chi connectivity index (χ4v) is 3.79. The first-order chi connectivity index (χ1) is 12.2. The average Bonchev–Trinajstić information content (AvgIpc) is 3.18. The smallest absolute Gasteiger partial charge is 0.314 e. The van der Waals surface area contributed by atoms with Gasteiger partial charge in [0.2, 0.25) is 0 Å². The average molecular weight is 361 g/mol. The zero-order chi connectivity index (χ0) is 17.2. The third-order valence-electron chi connectivity index (χ3n) is 4.93. The molecule has 4 rings (SSSR count). The Hall–Kier alpha value is -2.15. The summed E-state index contributed by atoms with van der Waals surface area (Å²) in [4.78, 5) is 18.6. The number of nitrogens with zero attached hydrogens (tertiary/aromatic N) is 5. The van der Waals surface area contributed by atoms with Crippen molar-refractivity contribution < 1.29 is 4.79 Å². The largest absolute Gasteiger partial charge is 0.322 e. The molecule has 1 N–H and O–H groups in total. The first-order valence-electron chi connectivity index (χ1n) is 8.83. The van der Waals surface area contributed by atoms with Gasteiger partial charge in [0.05, 0.1) is 17.9 Å². The quantitative estimate of drug-likeness (QED) is 0.832. The van der Waals surface area contributed by atoms with E-state index in [1.165, 1.54) is 6.42 Å². The normalized spacial score (nSPS) is 20.2. The van der Waals surface area contributed by atoms with Crippen molar-refractivity contribution in [2.75, 3.05) is 11.9 Å². The molecule has 2 amide bonds. The number of carbonyl (C=O) groups is 1. The first-order valence-corrected chi connectivity index (χ1v) is 9.21. The van der Waals surface area contributed by atoms with Crippen LogP contribution in [0.2, 0.25) is 5.15 Å². The standard InChI is InChI=1S/C17H21ClN6O/c18-14-8-7-12(11-19-14)20-17(25)23-10-4-5-13(23)16-22-21-15-6-2-1-3-9-24(15)16/h7-8,11,13H,1-6,9-10H2,(H,20,25). The van der Waals surface area contributed by atoms with Crippen molar-refractivity contribution in [1.29, 1.82) is 0 Å². The number of pyridine rings is 1. The van der Waals surface area contributed by atoms with Gasteiger partial charge in [-0.25, -0.2) is 9.78 Å². The molecule has 0 spiro atoms. The Morgan fingerprint density at radius 2 is 2.08 bits per heavy atom. The molecule has 0 saturated carbocycles. The van der Waals surface area contributed by atoms with Crippen LogP contribution in [0.25, 0.3) is 0 Å². The van der Waals surface area contributed by atoms with E-state index >= 15 is 0 Å². The van der Waals surface area contributed by atoms with Gasteiger partial charge in [-0.3, -0.25) is 0 Å². The van der Waals surface area contributed by atoms with Crippen LogP contribution < -0.4 is 5.32 Å². The number of urea groups is 1. The summed E-state index contributed by atoms with van der Waals surface area (Å²) in [5, 5.41) is 12.1. The van der Waals surface area contributed by atoms with Crippen LogP contribution in [0, 0.1) is 0 Å². The number of nitrogens with one attached hydrogen (secondary N) is 1. The Balaban J connectivity index is 1.53. The number of hydrogen-bond acceptors (Lipinski definition) is 4. The number of hydrogen-bond donors (Lipinski definition) is 1. The van der Waals surface area contributed by atoms with Crippen molar-refractivity contribution in [2.24, 2.45) is 0 Å². The molecule has 2 aliphatic rings. The highest BCUT2D eigenvalue weighted by Gasteiger charge is 2.34. The van der Waals surface area contributed by atoms with Crippen molar-refractivity contribution in [3.63, 3.8) is 0 Å². The van der Waals surface area contributed by atoms with E-state index in [0.717, 1.165) is 56.8 Å². The number of aromatic nitrogens is 4. The molecule has 8 heteroatoms. The summed E-state index contributed by atoms with van der Waals surface area (Å²) in [5.74, 6) is 1.99. The van der Waals surface area contributed by atoms with Crippen LogP contribution in [-0.2, 0) is 13.0 Å². The van der Waals surface area contributed by atoms with Crippen molar-refractivity contribution in [3.05, 3.63) is 35.1 Å². The minimum atomic E-state index is -0.127. The second-order valence-corrected chi connectivity index (χ2v) is 6.98. The van der Waals surface area contributed by atoms with E-state index in [4.69, 9.17) is 11.6 Å². The summed E-state index contributed by atoms with van der Waals surface area (Å²) in [5.41, 5.74) is 0.639. The summed E-state index contributed by atoms with van der Waals surface area (Å²) in [6.07, 6.45) is 7.96. The summed E-state index contributed by atoms with van der Waals surface area (Å²) >= 11 is 5.79. The van der Waals surface area contributed by atoms with Crippen LogP contribution in [-0.4, -0.2) is 37.2 Å². The van der Waals surface area contributed by atoms with Crippen molar-refractivity contribution in [1.82, 2.24) is 24.6 Å². The highest BCUT2D eigenvalue weighted by atomic mass is 35.5. The number of likely N-dealkylation sites (tertiary alicyclic amines) is 1. The Morgan fingerprint density at radius 1 is 1.16 bits per heavy atom. The molecule has 0 radical (unpaired) electrons. The summed E-state index contributed by atoms with van der Waals surface area (Å²) in [6, 6.07) is 3.27. The van der Waals surface area contributed by atoms with Crippen LogP contribution in [0.1, 0.15) is 49.8 Å². The molecule has 132 valence electrons. The molecular formula is C17H21ClN6O. The van der Waals surface area contributed by atoms with Gasteiger partial charge in [0, 0.05) is 19.5 Å². The molecule has 2 aliphatic heterocycles. The molecule has 2 aromatic heterocycles. The SMILES string of the molecule is O=C(Nc1ccc(Cl)nc1)N1CCCC1c1nnc2n1CCCCC2. The summed E-state index contributed by atoms with van der Waals surface area (Å²) in [7, 11) is 0. The molecule has 1 unspecified atom stereocenters. The lowest BCUT2D eigenvalue weighted by atomic mass is 10.2. The van der Waals surface area contributed by atoms with Crippen molar-refractivity contribution in [2.45, 2.75) is 51.1 Å². The van der Waals surface area contributed by atoms with Crippen molar-refractivity contribution >= 4 is 23.3 Å². The Kier molecular flexibility index (Phi) is 4.57. The second-order valence-electron chi connectivity index (χ2n) is 6.59. The Bertz CT molecular complexity index is 759. The highest BCUT2D eigenvalue weighted by Crippen LogP contribution is 2.32. The molecule has 25 heavy (non-hydrogen) atoms. The van der Waals surface area contributed by atoms with E-state index in [1.54, 1.807) is 18.3 Å². The molecule has 4 heterocycles. The van der Waals surface area contributed by atoms with Gasteiger partial charge in [0.1, 0.15) is 11.0 Å². The number of anilines is 1. The lowest BCUT2D eigenvalue weighted by Gasteiger charge is -2.25. The van der Waals surface area contributed by atoms with E-state index in [1.807, 2.05) is 4.90 Å². The number of rotatable bonds is 2. The number of halogens is 1. The zero-order valence-corrected chi connectivity index (χ0v) is 14.7. The number of aryl methyl sites for hydroxylation is 1. The van der Waals surface area contributed by atoms with Gasteiger partial charge >= 0.3 is 6.03 Å². The van der Waals surface area contributed by atoms with Crippen LogP contribution in [0.15, 0.2) is 18.3 Å². The molecular weight excluding hydrogens is 340 g/mol. The number of amides is 2. The predicted octanol–water partition coefficient (Wildman–Crippen LogP) is 3.42. The van der Waals surface area contributed by atoms with Crippen LogP contribution in [0.4, 0.5) is 10.5 Å². The highest BCUT2D eigenvalue weighted by molar-refractivity contribution is 6.29. The molecule has 0 bridgehead atoms. The molecule has 0 aliphatic carbocycles. The van der Waals surface area contributed by atoms with Crippen molar-refractivity contribution in [3.8, 4) is 0 Å². The molecule has 2 aromatic rings. The van der Waals surface area contributed by atoms with Gasteiger partial charge in [-0.1, -0.05) is 18.0 Å². The number of carbonyl (C=O) groups excluding carboxylic acids is 1. The first kappa shape index (κ1) is 16.3. The van der Waals surface area contributed by atoms with Gasteiger partial charge in [-0.05, 0) is 37.8 Å². The monoisotopic (exact) mass is 360 g/mol. The molecule has 1 atom stereocenters. The Morgan fingerprint density at radius 3 is 2.92 bits per heavy atom. The van der Waals surface area contributed by atoms with E-state index in [9.17, 15) is 4.79 Å². The lowest BCUT2D eigenvalue weighted by Crippen LogP contribution is -2.35. The van der Waals surface area contributed by atoms with Gasteiger partial charge in [0.25, 0.3) is 0 Å². The predicted molar refractivity (Wildman–Crippen MR) is 94.5 cm³/mol. The fourth-order valence-electron chi connectivity index (χ4n) is 3.68. The van der Waals surface area contributed by atoms with Gasteiger partial charge in [-0.2, -0.15) is 0 Å². The van der Waals surface area contributed by atoms with Gasteiger partial charge < -0.3 is 14.8 Å².